The topological polar surface area (TPSA) is 18.5 Å². The van der Waals surface area contributed by atoms with E-state index in [1.807, 2.05) is 0 Å². The molecule has 0 aliphatic rings. The van der Waals surface area contributed by atoms with Crippen LogP contribution in [0.4, 0.5) is 8.78 Å². The van der Waals surface area contributed by atoms with Crippen molar-refractivity contribution < 1.29 is 18.3 Å². The average Bonchev–Trinajstić information content (AvgIpc) is 2.47. The molecule has 0 saturated heterocycles. The monoisotopic (exact) mass is 342 g/mol. The summed E-state index contributed by atoms with van der Waals surface area (Å²) >= 11 is 3.48. The highest BCUT2D eigenvalue weighted by atomic mass is 79.9. The molecular weight excluding hydrogens is 330 g/mol. The van der Waals surface area contributed by atoms with Crippen molar-refractivity contribution in [2.45, 2.75) is 4.83 Å². The molecule has 2 rings (SSSR count). The zero-order valence-electron chi connectivity index (χ0n) is 11.0. The van der Waals surface area contributed by atoms with E-state index in [-0.39, 0.29) is 16.4 Å². The van der Waals surface area contributed by atoms with Gasteiger partial charge in [0, 0.05) is 5.56 Å². The van der Waals surface area contributed by atoms with Crippen LogP contribution >= 0.6 is 15.9 Å². The summed E-state index contributed by atoms with van der Waals surface area (Å²) in [4.78, 5) is -0.331. The van der Waals surface area contributed by atoms with Crippen LogP contribution in [0, 0.1) is 11.6 Å². The summed E-state index contributed by atoms with van der Waals surface area (Å²) in [5.74, 6) is -0.111. The van der Waals surface area contributed by atoms with Crippen LogP contribution in [0.3, 0.4) is 0 Å². The lowest BCUT2D eigenvalue weighted by molar-refractivity contribution is 0.386. The third-order valence-electron chi connectivity index (χ3n) is 2.93. The summed E-state index contributed by atoms with van der Waals surface area (Å²) in [6.45, 7) is 0. The molecule has 0 radical (unpaired) electrons. The van der Waals surface area contributed by atoms with E-state index >= 15 is 0 Å². The van der Waals surface area contributed by atoms with E-state index in [1.54, 1.807) is 18.2 Å². The fourth-order valence-electron chi connectivity index (χ4n) is 1.92. The van der Waals surface area contributed by atoms with Gasteiger partial charge in [-0.05, 0) is 35.9 Å². The van der Waals surface area contributed by atoms with Crippen molar-refractivity contribution in [3.8, 4) is 11.5 Å². The van der Waals surface area contributed by atoms with Crippen molar-refractivity contribution in [3.63, 3.8) is 0 Å². The number of rotatable bonds is 4. The minimum atomic E-state index is -0.442. The molecule has 0 fully saturated rings. The second-order valence-corrected chi connectivity index (χ2v) is 5.06. The van der Waals surface area contributed by atoms with E-state index in [1.165, 1.54) is 32.4 Å². The molecule has 1 unspecified atom stereocenters. The van der Waals surface area contributed by atoms with Crippen molar-refractivity contribution in [2.75, 3.05) is 14.2 Å². The maximum atomic E-state index is 13.4. The Morgan fingerprint density at radius 3 is 2.30 bits per heavy atom. The van der Waals surface area contributed by atoms with Gasteiger partial charge in [0.15, 0.2) is 11.6 Å². The summed E-state index contributed by atoms with van der Waals surface area (Å²) < 4.78 is 37.0. The van der Waals surface area contributed by atoms with Crippen LogP contribution in [0.5, 0.6) is 11.5 Å². The highest BCUT2D eigenvalue weighted by Gasteiger charge is 2.18. The Labute approximate surface area is 124 Å². The lowest BCUT2D eigenvalue weighted by Crippen LogP contribution is -1.99. The lowest BCUT2D eigenvalue weighted by atomic mass is 10.0. The van der Waals surface area contributed by atoms with Crippen molar-refractivity contribution in [1.82, 2.24) is 0 Å². The smallest absolute Gasteiger partial charge is 0.165 e. The average molecular weight is 343 g/mol. The van der Waals surface area contributed by atoms with E-state index in [0.29, 0.717) is 11.3 Å². The van der Waals surface area contributed by atoms with Crippen LogP contribution in [-0.2, 0) is 0 Å². The van der Waals surface area contributed by atoms with Crippen LogP contribution < -0.4 is 9.47 Å². The third-order valence-corrected chi connectivity index (χ3v) is 3.95. The molecule has 106 valence electrons. The Morgan fingerprint density at radius 2 is 1.65 bits per heavy atom. The van der Waals surface area contributed by atoms with Crippen LogP contribution in [0.15, 0.2) is 36.4 Å². The fraction of sp³-hybridized carbons (Fsp3) is 0.200. The van der Waals surface area contributed by atoms with Gasteiger partial charge in [0.25, 0.3) is 0 Å². The van der Waals surface area contributed by atoms with Crippen molar-refractivity contribution >= 4 is 15.9 Å². The van der Waals surface area contributed by atoms with Crippen LogP contribution in [-0.4, -0.2) is 14.2 Å². The Balaban J connectivity index is 2.45. The molecule has 5 heteroatoms. The SMILES string of the molecule is COc1cc(C(Br)c2cc(F)ccc2OC)ccc1F. The molecule has 0 spiro atoms. The fourth-order valence-corrected chi connectivity index (χ4v) is 2.56. The minimum Gasteiger partial charge on any atom is -0.496 e. The van der Waals surface area contributed by atoms with Gasteiger partial charge in [-0.15, -0.1) is 0 Å². The Bertz CT molecular complexity index is 617. The number of alkyl halides is 1. The summed E-state index contributed by atoms with van der Waals surface area (Å²) in [5.41, 5.74) is 1.37. The van der Waals surface area contributed by atoms with Gasteiger partial charge in [-0.2, -0.15) is 0 Å². The standard InChI is InChI=1S/C15H13BrF2O2/c1-19-13-6-4-10(17)8-11(13)15(16)9-3-5-12(18)14(7-9)20-2/h3-8,15H,1-2H3. The molecule has 20 heavy (non-hydrogen) atoms. The molecule has 0 heterocycles. The Kier molecular flexibility index (Phi) is 4.60. The summed E-state index contributed by atoms with van der Waals surface area (Å²) in [6, 6.07) is 8.76. The zero-order valence-corrected chi connectivity index (χ0v) is 12.6. The van der Waals surface area contributed by atoms with E-state index in [9.17, 15) is 8.78 Å². The van der Waals surface area contributed by atoms with Crippen molar-refractivity contribution in [1.29, 1.82) is 0 Å². The lowest BCUT2D eigenvalue weighted by Gasteiger charge is -2.15. The Morgan fingerprint density at radius 1 is 0.950 bits per heavy atom. The Hall–Kier alpha value is -1.62. The molecule has 0 saturated carbocycles. The molecule has 0 aliphatic carbocycles. The van der Waals surface area contributed by atoms with Gasteiger partial charge in [-0.3, -0.25) is 0 Å². The molecule has 0 amide bonds. The maximum Gasteiger partial charge on any atom is 0.165 e. The predicted molar refractivity (Wildman–Crippen MR) is 76.7 cm³/mol. The highest BCUT2D eigenvalue weighted by molar-refractivity contribution is 9.09. The van der Waals surface area contributed by atoms with Crippen LogP contribution in [0.25, 0.3) is 0 Å². The van der Waals surface area contributed by atoms with Crippen molar-refractivity contribution in [3.05, 3.63) is 59.2 Å². The summed E-state index contributed by atoms with van der Waals surface area (Å²) in [7, 11) is 2.91. The van der Waals surface area contributed by atoms with Gasteiger partial charge in [0.1, 0.15) is 11.6 Å². The molecule has 0 aromatic heterocycles. The predicted octanol–water partition coefficient (Wildman–Crippen LogP) is 4.47. The maximum absolute atomic E-state index is 13.4. The van der Waals surface area contributed by atoms with E-state index in [4.69, 9.17) is 9.47 Å². The second-order valence-electron chi connectivity index (χ2n) is 4.14. The summed E-state index contributed by atoms with van der Waals surface area (Å²) in [6.07, 6.45) is 0. The van der Waals surface area contributed by atoms with E-state index in [2.05, 4.69) is 15.9 Å². The quantitative estimate of drug-likeness (QED) is 0.763. The first-order valence-electron chi connectivity index (χ1n) is 5.87. The van der Waals surface area contributed by atoms with Gasteiger partial charge < -0.3 is 9.47 Å². The second kappa shape index (κ2) is 6.22. The molecule has 0 aliphatic heterocycles. The van der Waals surface area contributed by atoms with Gasteiger partial charge in [0.2, 0.25) is 0 Å². The normalized spacial score (nSPS) is 12.1. The van der Waals surface area contributed by atoms with Gasteiger partial charge in [0.05, 0.1) is 19.0 Å². The minimum absolute atomic E-state index is 0.141. The van der Waals surface area contributed by atoms with E-state index < -0.39 is 5.82 Å². The first-order chi connectivity index (χ1) is 9.56. The number of hydrogen-bond donors (Lipinski definition) is 0. The van der Waals surface area contributed by atoms with Gasteiger partial charge >= 0.3 is 0 Å². The van der Waals surface area contributed by atoms with Crippen LogP contribution in [0.1, 0.15) is 16.0 Å². The number of benzene rings is 2. The molecule has 0 N–H and O–H groups in total. The highest BCUT2D eigenvalue weighted by Crippen LogP contribution is 2.38. The van der Waals surface area contributed by atoms with Crippen molar-refractivity contribution in [2.24, 2.45) is 0 Å². The molecule has 2 aromatic carbocycles. The number of ether oxygens (including phenoxy) is 2. The number of halogens is 3. The molecule has 0 bridgehead atoms. The number of hydrogen-bond acceptors (Lipinski definition) is 2. The summed E-state index contributed by atoms with van der Waals surface area (Å²) in [5, 5.41) is 0. The molecular formula is C15H13BrF2O2. The first kappa shape index (κ1) is 14.8. The van der Waals surface area contributed by atoms with Gasteiger partial charge in [-0.1, -0.05) is 22.0 Å². The van der Waals surface area contributed by atoms with Crippen LogP contribution in [0.2, 0.25) is 0 Å². The number of methoxy groups -OCH3 is 2. The molecule has 2 aromatic rings. The molecule has 1 atom stereocenters. The van der Waals surface area contributed by atoms with E-state index in [0.717, 1.165) is 5.56 Å². The first-order valence-corrected chi connectivity index (χ1v) is 6.79. The largest absolute Gasteiger partial charge is 0.496 e. The third kappa shape index (κ3) is 2.93. The molecule has 2 nitrogen and oxygen atoms in total. The zero-order chi connectivity index (χ0) is 14.7. The van der Waals surface area contributed by atoms with Gasteiger partial charge in [-0.25, -0.2) is 8.78 Å².